The van der Waals surface area contributed by atoms with E-state index in [0.717, 1.165) is 11.1 Å². The van der Waals surface area contributed by atoms with Crippen LogP contribution in [-0.2, 0) is 4.79 Å². The van der Waals surface area contributed by atoms with Crippen molar-refractivity contribution in [3.8, 4) is 0 Å². The maximum Gasteiger partial charge on any atom is 0.258 e. The molecular weight excluding hydrogens is 357 g/mol. The number of rotatable bonds is 4. The van der Waals surface area contributed by atoms with E-state index in [2.05, 4.69) is 23.8 Å². The van der Waals surface area contributed by atoms with Crippen molar-refractivity contribution in [3.05, 3.63) is 69.7 Å². The molecule has 1 aliphatic rings. The molecule has 4 nitrogen and oxygen atoms in total. The number of benzene rings is 2. The standard InChI is InChI=1S/C19H19Cl2N3O/c1-13(2)23-12-18(25)24(19(23)15-5-9-17(21)10-6-15)22-11-14-3-7-16(20)8-4-14/h3-11,13,19H,12H2,1-2H3/b22-11-/t19-/m1/s1. The fraction of sp³-hybridized carbons (Fsp3) is 0.263. The number of hydrazone groups is 1. The van der Waals surface area contributed by atoms with E-state index in [1.165, 1.54) is 5.01 Å². The van der Waals surface area contributed by atoms with Crippen molar-refractivity contribution in [2.24, 2.45) is 5.10 Å². The van der Waals surface area contributed by atoms with Crippen molar-refractivity contribution < 1.29 is 4.79 Å². The molecule has 1 aliphatic heterocycles. The molecule has 25 heavy (non-hydrogen) atoms. The van der Waals surface area contributed by atoms with Gasteiger partial charge >= 0.3 is 0 Å². The van der Waals surface area contributed by atoms with Crippen LogP contribution in [0.5, 0.6) is 0 Å². The largest absolute Gasteiger partial charge is 0.271 e. The van der Waals surface area contributed by atoms with E-state index >= 15 is 0 Å². The first-order valence-electron chi connectivity index (χ1n) is 8.08. The molecule has 6 heteroatoms. The minimum atomic E-state index is -0.242. The van der Waals surface area contributed by atoms with E-state index < -0.39 is 0 Å². The third kappa shape index (κ3) is 4.03. The fourth-order valence-electron chi connectivity index (χ4n) is 2.83. The molecule has 0 aromatic heterocycles. The van der Waals surface area contributed by atoms with Gasteiger partial charge in [-0.3, -0.25) is 9.69 Å². The lowest BCUT2D eigenvalue weighted by atomic mass is 10.1. The second-order valence-corrected chi connectivity index (χ2v) is 7.10. The van der Waals surface area contributed by atoms with Gasteiger partial charge < -0.3 is 0 Å². The second kappa shape index (κ2) is 7.56. The Hall–Kier alpha value is -1.88. The van der Waals surface area contributed by atoms with Crippen molar-refractivity contribution in [3.63, 3.8) is 0 Å². The zero-order valence-corrected chi connectivity index (χ0v) is 15.6. The number of halogens is 2. The molecular formula is C19H19Cl2N3O. The van der Waals surface area contributed by atoms with E-state index in [4.69, 9.17) is 23.2 Å². The molecule has 0 bridgehead atoms. The lowest BCUT2D eigenvalue weighted by Crippen LogP contribution is -2.33. The Morgan fingerprint density at radius 2 is 1.60 bits per heavy atom. The first-order chi connectivity index (χ1) is 12.0. The molecule has 2 aromatic carbocycles. The van der Waals surface area contributed by atoms with Gasteiger partial charge in [0.25, 0.3) is 5.91 Å². The molecule has 1 atom stereocenters. The third-order valence-electron chi connectivity index (χ3n) is 4.15. The van der Waals surface area contributed by atoms with E-state index in [1.807, 2.05) is 36.4 Å². The average molecular weight is 376 g/mol. The summed E-state index contributed by atoms with van der Waals surface area (Å²) in [6.45, 7) is 4.48. The van der Waals surface area contributed by atoms with Crippen molar-refractivity contribution in [2.75, 3.05) is 6.54 Å². The topological polar surface area (TPSA) is 35.9 Å². The predicted molar refractivity (Wildman–Crippen MR) is 102 cm³/mol. The van der Waals surface area contributed by atoms with Crippen LogP contribution in [0, 0.1) is 0 Å². The number of hydrogen-bond donors (Lipinski definition) is 0. The van der Waals surface area contributed by atoms with E-state index in [0.29, 0.717) is 16.6 Å². The van der Waals surface area contributed by atoms with E-state index in [1.54, 1.807) is 18.3 Å². The van der Waals surface area contributed by atoms with E-state index in [9.17, 15) is 4.79 Å². The van der Waals surface area contributed by atoms with Gasteiger partial charge in [0.1, 0.15) is 6.17 Å². The average Bonchev–Trinajstić information content (AvgIpc) is 2.92. The van der Waals surface area contributed by atoms with Crippen molar-refractivity contribution in [1.29, 1.82) is 0 Å². The number of amides is 1. The van der Waals surface area contributed by atoms with Crippen LogP contribution in [0.3, 0.4) is 0 Å². The Kier molecular flexibility index (Phi) is 5.42. The van der Waals surface area contributed by atoms with Gasteiger partial charge in [-0.2, -0.15) is 5.10 Å². The zero-order chi connectivity index (χ0) is 18.0. The lowest BCUT2D eigenvalue weighted by Gasteiger charge is -2.30. The van der Waals surface area contributed by atoms with Gasteiger partial charge in [-0.1, -0.05) is 47.5 Å². The molecule has 1 amide bonds. The lowest BCUT2D eigenvalue weighted by molar-refractivity contribution is -0.128. The summed E-state index contributed by atoms with van der Waals surface area (Å²) in [4.78, 5) is 14.7. The van der Waals surface area contributed by atoms with Gasteiger partial charge in [-0.25, -0.2) is 5.01 Å². The SMILES string of the molecule is CC(C)N1CC(=O)N(/N=C\c2ccc(Cl)cc2)[C@@H]1c1ccc(Cl)cc1. The Bertz CT molecular complexity index is 772. The first kappa shape index (κ1) is 17.9. The normalized spacial score (nSPS) is 18.7. The van der Waals surface area contributed by atoms with E-state index in [-0.39, 0.29) is 18.1 Å². The van der Waals surface area contributed by atoms with Crippen LogP contribution in [0.1, 0.15) is 31.1 Å². The predicted octanol–water partition coefficient (Wildman–Crippen LogP) is 4.58. The minimum absolute atomic E-state index is 0.0288. The Balaban J connectivity index is 1.92. The molecule has 1 saturated heterocycles. The molecule has 130 valence electrons. The van der Waals surface area contributed by atoms with Crippen LogP contribution < -0.4 is 0 Å². The molecule has 3 rings (SSSR count). The monoisotopic (exact) mass is 375 g/mol. The Morgan fingerprint density at radius 1 is 1.04 bits per heavy atom. The Morgan fingerprint density at radius 3 is 2.16 bits per heavy atom. The molecule has 1 heterocycles. The van der Waals surface area contributed by atoms with Gasteiger partial charge in [0.05, 0.1) is 12.8 Å². The van der Waals surface area contributed by atoms with Crippen molar-refractivity contribution in [1.82, 2.24) is 9.91 Å². The van der Waals surface area contributed by atoms with Crippen LogP contribution in [0.4, 0.5) is 0 Å². The fourth-order valence-corrected chi connectivity index (χ4v) is 3.08. The number of hydrogen-bond acceptors (Lipinski definition) is 3. The summed E-state index contributed by atoms with van der Waals surface area (Å²) in [5, 5.41) is 7.33. The number of nitrogens with zero attached hydrogens (tertiary/aromatic N) is 3. The highest BCUT2D eigenvalue weighted by molar-refractivity contribution is 6.30. The van der Waals surface area contributed by atoms with Crippen LogP contribution in [-0.4, -0.2) is 34.6 Å². The Labute approximate surface area is 157 Å². The molecule has 0 N–H and O–H groups in total. The molecule has 0 saturated carbocycles. The molecule has 0 aliphatic carbocycles. The molecule has 0 spiro atoms. The molecule has 0 radical (unpaired) electrons. The summed E-state index contributed by atoms with van der Waals surface area (Å²) in [5.41, 5.74) is 1.87. The molecule has 0 unspecified atom stereocenters. The number of carbonyl (C=O) groups excluding carboxylic acids is 1. The number of carbonyl (C=O) groups is 1. The molecule has 1 fully saturated rings. The van der Waals surface area contributed by atoms with Gasteiger partial charge in [0.2, 0.25) is 0 Å². The molecule has 2 aromatic rings. The summed E-state index contributed by atoms with van der Waals surface area (Å²) >= 11 is 11.9. The highest BCUT2D eigenvalue weighted by atomic mass is 35.5. The van der Waals surface area contributed by atoms with Gasteiger partial charge in [0.15, 0.2) is 0 Å². The highest BCUT2D eigenvalue weighted by Crippen LogP contribution is 2.33. The quantitative estimate of drug-likeness (QED) is 0.733. The first-order valence-corrected chi connectivity index (χ1v) is 8.84. The highest BCUT2D eigenvalue weighted by Gasteiger charge is 2.40. The minimum Gasteiger partial charge on any atom is -0.271 e. The summed E-state index contributed by atoms with van der Waals surface area (Å²) in [5.74, 6) is -0.0288. The maximum atomic E-state index is 12.5. The van der Waals surface area contributed by atoms with Crippen LogP contribution >= 0.6 is 23.2 Å². The van der Waals surface area contributed by atoms with Crippen molar-refractivity contribution in [2.45, 2.75) is 26.1 Å². The second-order valence-electron chi connectivity index (χ2n) is 6.23. The van der Waals surface area contributed by atoms with Crippen LogP contribution in [0.15, 0.2) is 53.6 Å². The van der Waals surface area contributed by atoms with Gasteiger partial charge in [-0.15, -0.1) is 0 Å². The van der Waals surface area contributed by atoms with Crippen LogP contribution in [0.25, 0.3) is 0 Å². The maximum absolute atomic E-state index is 12.5. The summed E-state index contributed by atoms with van der Waals surface area (Å²) in [7, 11) is 0. The van der Waals surface area contributed by atoms with Gasteiger partial charge in [0, 0.05) is 16.1 Å². The summed E-state index contributed by atoms with van der Waals surface area (Å²) in [6, 6.07) is 15.1. The third-order valence-corrected chi connectivity index (χ3v) is 4.66. The van der Waals surface area contributed by atoms with Gasteiger partial charge in [-0.05, 0) is 49.2 Å². The smallest absolute Gasteiger partial charge is 0.258 e. The zero-order valence-electron chi connectivity index (χ0n) is 14.1. The van der Waals surface area contributed by atoms with Crippen LogP contribution in [0.2, 0.25) is 10.0 Å². The summed E-state index contributed by atoms with van der Waals surface area (Å²) < 4.78 is 0. The van der Waals surface area contributed by atoms with Crippen molar-refractivity contribution >= 4 is 35.3 Å². The summed E-state index contributed by atoms with van der Waals surface area (Å²) in [6.07, 6.45) is 1.44.